The maximum Gasteiger partial charge on any atom is 0.254 e. The van der Waals surface area contributed by atoms with Crippen LogP contribution >= 0.6 is 0 Å². The molecule has 2 atom stereocenters. The van der Waals surface area contributed by atoms with Crippen LogP contribution in [0.15, 0.2) is 48.8 Å². The van der Waals surface area contributed by atoms with Crippen LogP contribution in [0.4, 0.5) is 4.39 Å². The van der Waals surface area contributed by atoms with Gasteiger partial charge in [-0.25, -0.2) is 13.9 Å². The maximum atomic E-state index is 15.4. The molecule has 1 fully saturated rings. The Labute approximate surface area is 184 Å². The molecule has 32 heavy (non-hydrogen) atoms. The molecule has 4 aromatic rings. The van der Waals surface area contributed by atoms with Crippen LogP contribution in [0.1, 0.15) is 41.0 Å². The number of carbonyl (C=O) groups is 1. The Morgan fingerprint density at radius 3 is 2.78 bits per heavy atom. The van der Waals surface area contributed by atoms with Crippen molar-refractivity contribution in [2.24, 2.45) is 0 Å². The van der Waals surface area contributed by atoms with E-state index in [1.807, 2.05) is 43.3 Å². The van der Waals surface area contributed by atoms with Crippen LogP contribution < -0.4 is 4.74 Å². The van der Waals surface area contributed by atoms with Crippen molar-refractivity contribution < 1.29 is 13.9 Å². The number of aromatic nitrogens is 4. The standard InChI is InChI=1S/C24H24FN5O2/c1-15-8-21(30-23(28-15)26-14-27-30)19-11-24(2,25)13-29(12-19)22(31)18-5-4-17-10-20(32-3)7-6-16(17)9-18/h4-10,14,19H,11-13H2,1-3H3. The number of piperidine rings is 1. The second-order valence-electron chi connectivity index (χ2n) is 8.72. The predicted octanol–water partition coefficient (Wildman–Crippen LogP) is 3.95. The van der Waals surface area contributed by atoms with Gasteiger partial charge in [0, 0.05) is 23.7 Å². The number of benzene rings is 2. The van der Waals surface area contributed by atoms with Gasteiger partial charge in [0.25, 0.3) is 11.7 Å². The summed E-state index contributed by atoms with van der Waals surface area (Å²) in [5, 5.41) is 6.18. The SMILES string of the molecule is COc1ccc2cc(C(=O)N3CC(c4cc(C)nc5ncnn45)CC(C)(F)C3)ccc2c1. The lowest BCUT2D eigenvalue weighted by molar-refractivity contribution is 0.0342. The number of amides is 1. The Morgan fingerprint density at radius 1 is 1.19 bits per heavy atom. The summed E-state index contributed by atoms with van der Waals surface area (Å²) in [5.41, 5.74) is 0.620. The Kier molecular flexibility index (Phi) is 4.80. The summed E-state index contributed by atoms with van der Waals surface area (Å²) < 4.78 is 22.3. The average molecular weight is 433 g/mol. The molecule has 8 heteroatoms. The fourth-order valence-electron chi connectivity index (χ4n) is 4.64. The molecular weight excluding hydrogens is 409 g/mol. The topological polar surface area (TPSA) is 72.6 Å². The van der Waals surface area contributed by atoms with Gasteiger partial charge in [-0.3, -0.25) is 4.79 Å². The van der Waals surface area contributed by atoms with E-state index in [9.17, 15) is 4.79 Å². The van der Waals surface area contributed by atoms with Gasteiger partial charge in [-0.15, -0.1) is 0 Å². The second-order valence-corrected chi connectivity index (χ2v) is 8.72. The molecule has 1 amide bonds. The van der Waals surface area contributed by atoms with E-state index in [2.05, 4.69) is 15.1 Å². The first kappa shape index (κ1) is 20.4. The number of aryl methyl sites for hydroxylation is 1. The number of halogens is 1. The third-order valence-electron chi connectivity index (χ3n) is 6.04. The maximum absolute atomic E-state index is 15.4. The first-order valence-electron chi connectivity index (χ1n) is 10.6. The van der Waals surface area contributed by atoms with Crippen molar-refractivity contribution >= 4 is 22.5 Å². The molecular formula is C24H24FN5O2. The predicted molar refractivity (Wildman–Crippen MR) is 119 cm³/mol. The number of hydrogen-bond donors (Lipinski definition) is 0. The minimum Gasteiger partial charge on any atom is -0.497 e. The van der Waals surface area contributed by atoms with Crippen molar-refractivity contribution in [2.45, 2.75) is 31.9 Å². The van der Waals surface area contributed by atoms with Crippen molar-refractivity contribution in [1.29, 1.82) is 0 Å². The van der Waals surface area contributed by atoms with Gasteiger partial charge < -0.3 is 9.64 Å². The van der Waals surface area contributed by atoms with Crippen LogP contribution in [0.3, 0.4) is 0 Å². The lowest BCUT2D eigenvalue weighted by Gasteiger charge is -2.40. The Morgan fingerprint density at radius 2 is 1.97 bits per heavy atom. The van der Waals surface area contributed by atoms with Crippen molar-refractivity contribution in [1.82, 2.24) is 24.5 Å². The fourth-order valence-corrected chi connectivity index (χ4v) is 4.64. The van der Waals surface area contributed by atoms with Crippen LogP contribution in [0.25, 0.3) is 16.6 Å². The molecule has 0 radical (unpaired) electrons. The minimum atomic E-state index is -1.52. The highest BCUT2D eigenvalue weighted by Gasteiger charge is 2.40. The molecule has 164 valence electrons. The summed E-state index contributed by atoms with van der Waals surface area (Å²) >= 11 is 0. The highest BCUT2D eigenvalue weighted by molar-refractivity contribution is 5.99. The average Bonchev–Trinajstić information content (AvgIpc) is 3.24. The molecule has 0 saturated carbocycles. The smallest absolute Gasteiger partial charge is 0.254 e. The zero-order chi connectivity index (χ0) is 22.5. The van der Waals surface area contributed by atoms with Crippen LogP contribution in [0.5, 0.6) is 5.75 Å². The summed E-state index contributed by atoms with van der Waals surface area (Å²) in [7, 11) is 1.62. The Bertz CT molecular complexity index is 1330. The lowest BCUT2D eigenvalue weighted by atomic mass is 9.85. The van der Waals surface area contributed by atoms with E-state index >= 15 is 4.39 Å². The summed E-state index contributed by atoms with van der Waals surface area (Å²) in [6.45, 7) is 3.88. The van der Waals surface area contributed by atoms with Gasteiger partial charge in [0.05, 0.1) is 19.3 Å². The number of likely N-dealkylation sites (tertiary alicyclic amines) is 1. The summed E-state index contributed by atoms with van der Waals surface area (Å²) in [4.78, 5) is 23.6. The molecule has 2 unspecified atom stereocenters. The number of hydrogen-bond acceptors (Lipinski definition) is 5. The van der Waals surface area contributed by atoms with E-state index in [1.54, 1.807) is 29.5 Å². The van der Waals surface area contributed by atoms with E-state index in [4.69, 9.17) is 4.74 Å². The van der Waals surface area contributed by atoms with Crippen LogP contribution in [-0.2, 0) is 0 Å². The van der Waals surface area contributed by atoms with Gasteiger partial charge in [0.15, 0.2) is 0 Å². The van der Waals surface area contributed by atoms with E-state index in [0.29, 0.717) is 24.3 Å². The third-order valence-corrected chi connectivity index (χ3v) is 6.04. The van der Waals surface area contributed by atoms with E-state index in [1.165, 1.54) is 6.33 Å². The Balaban J connectivity index is 1.48. The van der Waals surface area contributed by atoms with Crippen LogP contribution in [-0.4, -0.2) is 56.3 Å². The Hall–Kier alpha value is -3.55. The van der Waals surface area contributed by atoms with Gasteiger partial charge in [-0.05, 0) is 61.4 Å². The van der Waals surface area contributed by atoms with Gasteiger partial charge in [-0.2, -0.15) is 10.1 Å². The molecule has 2 aromatic heterocycles. The number of nitrogens with zero attached hydrogens (tertiary/aromatic N) is 5. The monoisotopic (exact) mass is 433 g/mol. The zero-order valence-electron chi connectivity index (χ0n) is 18.2. The fraction of sp³-hybridized carbons (Fsp3) is 0.333. The number of rotatable bonds is 3. The van der Waals surface area contributed by atoms with Gasteiger partial charge in [0.1, 0.15) is 17.7 Å². The molecule has 2 aromatic carbocycles. The molecule has 0 N–H and O–H groups in total. The van der Waals surface area contributed by atoms with E-state index < -0.39 is 5.67 Å². The van der Waals surface area contributed by atoms with Gasteiger partial charge >= 0.3 is 0 Å². The quantitative estimate of drug-likeness (QED) is 0.489. The van der Waals surface area contributed by atoms with Crippen molar-refractivity contribution in [3.05, 3.63) is 65.7 Å². The summed E-state index contributed by atoms with van der Waals surface area (Å²) in [5.74, 6) is 0.833. The normalized spacial score (nSPS) is 21.2. The number of alkyl halides is 1. The second kappa shape index (κ2) is 7.55. The first-order valence-corrected chi connectivity index (χ1v) is 10.6. The molecule has 5 rings (SSSR count). The van der Waals surface area contributed by atoms with E-state index in [0.717, 1.165) is 27.9 Å². The summed E-state index contributed by atoms with van der Waals surface area (Å²) in [6.07, 6.45) is 1.74. The highest BCUT2D eigenvalue weighted by Crippen LogP contribution is 2.36. The van der Waals surface area contributed by atoms with Crippen LogP contribution in [0.2, 0.25) is 0 Å². The van der Waals surface area contributed by atoms with E-state index in [-0.39, 0.29) is 18.4 Å². The van der Waals surface area contributed by atoms with Crippen molar-refractivity contribution in [3.8, 4) is 5.75 Å². The van der Waals surface area contributed by atoms with Crippen molar-refractivity contribution in [3.63, 3.8) is 0 Å². The minimum absolute atomic E-state index is 0.0492. The number of methoxy groups -OCH3 is 1. The largest absolute Gasteiger partial charge is 0.497 e. The van der Waals surface area contributed by atoms with Crippen molar-refractivity contribution in [2.75, 3.05) is 20.2 Å². The molecule has 1 aliphatic rings. The third kappa shape index (κ3) is 3.66. The molecule has 0 spiro atoms. The molecule has 0 bridgehead atoms. The van der Waals surface area contributed by atoms with Crippen LogP contribution in [0, 0.1) is 6.92 Å². The number of ether oxygens (including phenoxy) is 1. The molecule has 0 aliphatic carbocycles. The zero-order valence-corrected chi connectivity index (χ0v) is 18.2. The summed E-state index contributed by atoms with van der Waals surface area (Å²) in [6, 6.07) is 13.1. The lowest BCUT2D eigenvalue weighted by Crippen LogP contribution is -2.49. The first-order chi connectivity index (χ1) is 15.3. The molecule has 7 nitrogen and oxygen atoms in total. The number of carbonyl (C=O) groups excluding carboxylic acids is 1. The molecule has 1 aliphatic heterocycles. The van der Waals surface area contributed by atoms with Gasteiger partial charge in [-0.1, -0.05) is 12.1 Å². The number of fused-ring (bicyclic) bond motifs is 2. The van der Waals surface area contributed by atoms with Gasteiger partial charge in [0.2, 0.25) is 0 Å². The molecule has 3 heterocycles. The molecule has 1 saturated heterocycles. The highest BCUT2D eigenvalue weighted by atomic mass is 19.1.